The maximum Gasteiger partial charge on any atom is 0.393 e. The Bertz CT molecular complexity index is 2620. The van der Waals surface area contributed by atoms with Gasteiger partial charge in [0.2, 0.25) is 0 Å². The number of nitrogens with two attached hydrogens (primary N) is 1. The zero-order valence-corrected chi connectivity index (χ0v) is 34.6. The van der Waals surface area contributed by atoms with Crippen molar-refractivity contribution in [1.29, 1.82) is 0 Å². The van der Waals surface area contributed by atoms with E-state index in [2.05, 4.69) is 15.1 Å². The number of anilines is 1. The number of benzene rings is 4. The number of fused-ring (bicyclic) bond motifs is 1. The van der Waals surface area contributed by atoms with E-state index in [1.807, 2.05) is 6.92 Å². The average Bonchev–Trinajstić information content (AvgIpc) is 3.54. The smallest absolute Gasteiger partial charge is 0.330 e. The molecule has 22 heteroatoms. The Labute approximate surface area is 364 Å². The molecule has 0 unspecified atom stereocenters. The van der Waals surface area contributed by atoms with E-state index in [0.717, 1.165) is 34.9 Å². The molecular weight excluding hydrogens is 880 g/mol. The number of alkyl halides is 6. The number of aromatic nitrogens is 2. The standard InChI is InChI=1S/C19H17F4N3O.C15H10F4N2O3.C9H13NO4/c1-2-14(24)17-25-15-8-4-7-13(20)16(15)18(27)26(17)12-6-3-5-11(9-12)10-19(21,22)23;16-11-5-2-6-12(21(23)24)13(11)14(22)20-10-4-1-3-9(7-10)8-15(17,18)19;1-3-6(2)9(13)14-10-7(11)4-5-8(10)12/h3-9,14H,2,10,24H2,1H3;1-7H,8H2,(H,20,22);6H,3-5H2,1-2H3/t14-;;6-/m0.0/s1. The predicted octanol–water partition coefficient (Wildman–Crippen LogP) is 8.77. The highest BCUT2D eigenvalue weighted by atomic mass is 19.4. The van der Waals surface area contributed by atoms with Gasteiger partial charge in [0.25, 0.3) is 29.0 Å². The molecule has 1 saturated heterocycles. The summed E-state index contributed by atoms with van der Waals surface area (Å²) >= 11 is 0. The highest BCUT2D eigenvalue weighted by molar-refractivity contribution is 6.07. The fourth-order valence-electron chi connectivity index (χ4n) is 6.00. The van der Waals surface area contributed by atoms with Crippen LogP contribution in [0.15, 0.2) is 89.7 Å². The lowest BCUT2D eigenvalue weighted by Crippen LogP contribution is -2.33. The topological polar surface area (TPSA) is 197 Å². The lowest BCUT2D eigenvalue weighted by Gasteiger charge is -2.18. The van der Waals surface area contributed by atoms with E-state index in [1.54, 1.807) is 13.8 Å². The highest BCUT2D eigenvalue weighted by Gasteiger charge is 2.34. The zero-order chi connectivity index (χ0) is 48.4. The molecule has 2 heterocycles. The Morgan fingerprint density at radius 2 is 1.38 bits per heavy atom. The van der Waals surface area contributed by atoms with Crippen LogP contribution in [0, 0.1) is 27.7 Å². The number of nitrogens with zero attached hydrogens (tertiary/aromatic N) is 4. The molecule has 0 radical (unpaired) electrons. The molecule has 4 aromatic carbocycles. The first-order chi connectivity index (χ1) is 30.4. The first-order valence-corrected chi connectivity index (χ1v) is 19.5. The summed E-state index contributed by atoms with van der Waals surface area (Å²) in [5.41, 5.74) is 4.01. The van der Waals surface area contributed by atoms with Crippen LogP contribution in [-0.4, -0.2) is 55.6 Å². The molecule has 0 aliphatic carbocycles. The number of rotatable bonds is 11. The Morgan fingerprint density at radius 3 is 1.95 bits per heavy atom. The molecule has 3 N–H and O–H groups in total. The van der Waals surface area contributed by atoms with Crippen molar-refractivity contribution in [3.05, 3.63) is 140 Å². The Kier molecular flexibility index (Phi) is 16.7. The summed E-state index contributed by atoms with van der Waals surface area (Å²) in [7, 11) is 0. The third kappa shape index (κ3) is 13.7. The average molecular weight is 921 g/mol. The van der Waals surface area contributed by atoms with Crippen molar-refractivity contribution in [3.8, 4) is 5.69 Å². The van der Waals surface area contributed by atoms with Crippen molar-refractivity contribution in [2.24, 2.45) is 11.7 Å². The highest BCUT2D eigenvalue weighted by Crippen LogP contribution is 2.27. The summed E-state index contributed by atoms with van der Waals surface area (Å²) in [6.45, 7) is 5.31. The number of hydrogen-bond donors (Lipinski definition) is 2. The number of halogens is 8. The lowest BCUT2D eigenvalue weighted by molar-refractivity contribution is -0.385. The third-order valence-electron chi connectivity index (χ3n) is 9.42. The normalized spacial score (nSPS) is 13.6. The van der Waals surface area contributed by atoms with Gasteiger partial charge in [-0.05, 0) is 66.4 Å². The van der Waals surface area contributed by atoms with Crippen molar-refractivity contribution in [2.75, 3.05) is 5.32 Å². The fourth-order valence-corrected chi connectivity index (χ4v) is 6.00. The number of hydrogen-bond acceptors (Lipinski definition) is 10. The van der Waals surface area contributed by atoms with Crippen molar-refractivity contribution >= 4 is 46.0 Å². The number of imide groups is 1. The molecule has 1 aliphatic rings. The van der Waals surface area contributed by atoms with Crippen LogP contribution in [0.3, 0.4) is 0 Å². The summed E-state index contributed by atoms with van der Waals surface area (Å²) in [5, 5.41) is 13.4. The molecule has 0 spiro atoms. The summed E-state index contributed by atoms with van der Waals surface area (Å²) in [6, 6.07) is 16.6. The maximum atomic E-state index is 14.2. The van der Waals surface area contributed by atoms with Gasteiger partial charge in [-0.1, -0.05) is 57.2 Å². The minimum absolute atomic E-state index is 0.0171. The van der Waals surface area contributed by atoms with Gasteiger partial charge < -0.3 is 15.9 Å². The molecule has 1 aromatic heterocycles. The molecule has 14 nitrogen and oxygen atoms in total. The van der Waals surface area contributed by atoms with E-state index in [4.69, 9.17) is 5.73 Å². The number of nitro groups is 1. The lowest BCUT2D eigenvalue weighted by atomic mass is 10.1. The van der Waals surface area contributed by atoms with Gasteiger partial charge in [-0.3, -0.25) is 33.9 Å². The quantitative estimate of drug-likeness (QED) is 0.0559. The number of carbonyl (C=O) groups excluding carboxylic acids is 4. The molecular formula is C43H40F8N6O8. The second-order valence-electron chi connectivity index (χ2n) is 14.4. The Hall–Kier alpha value is -7.10. The Morgan fingerprint density at radius 1 is 0.831 bits per heavy atom. The fraction of sp³-hybridized carbons (Fsp3) is 0.302. The first kappa shape index (κ1) is 50.5. The molecule has 5 aromatic rings. The van der Waals surface area contributed by atoms with Gasteiger partial charge >= 0.3 is 18.3 Å². The third-order valence-corrected chi connectivity index (χ3v) is 9.42. The molecule has 6 rings (SSSR count). The molecule has 2 atom stereocenters. The predicted molar refractivity (Wildman–Crippen MR) is 218 cm³/mol. The summed E-state index contributed by atoms with van der Waals surface area (Å²) in [4.78, 5) is 77.4. The van der Waals surface area contributed by atoms with E-state index >= 15 is 0 Å². The molecule has 65 heavy (non-hydrogen) atoms. The van der Waals surface area contributed by atoms with Crippen LogP contribution >= 0.6 is 0 Å². The van der Waals surface area contributed by atoms with E-state index in [0.29, 0.717) is 17.9 Å². The van der Waals surface area contributed by atoms with E-state index in [-0.39, 0.29) is 58.0 Å². The van der Waals surface area contributed by atoms with Crippen LogP contribution in [0.1, 0.15) is 79.8 Å². The minimum Gasteiger partial charge on any atom is -0.330 e. The van der Waals surface area contributed by atoms with Crippen molar-refractivity contribution in [1.82, 2.24) is 14.6 Å². The van der Waals surface area contributed by atoms with Crippen LogP contribution in [0.25, 0.3) is 16.6 Å². The monoisotopic (exact) mass is 920 g/mol. The van der Waals surface area contributed by atoms with Crippen molar-refractivity contribution in [2.45, 2.75) is 77.7 Å². The molecule has 346 valence electrons. The summed E-state index contributed by atoms with van der Waals surface area (Å²) < 4.78 is 104. The zero-order valence-electron chi connectivity index (χ0n) is 34.6. The minimum atomic E-state index is -4.42. The van der Waals surface area contributed by atoms with Crippen molar-refractivity contribution in [3.63, 3.8) is 0 Å². The van der Waals surface area contributed by atoms with Crippen LogP contribution < -0.4 is 16.6 Å². The van der Waals surface area contributed by atoms with Gasteiger partial charge in [0.15, 0.2) is 5.56 Å². The van der Waals surface area contributed by atoms with Gasteiger partial charge in [-0.15, -0.1) is 5.06 Å². The second kappa shape index (κ2) is 21.5. The number of nitrogens with one attached hydrogen (secondary N) is 1. The molecule has 1 aliphatic heterocycles. The molecule has 0 bridgehead atoms. The SMILES string of the molecule is CC[C@H](C)C(=O)ON1C(=O)CCC1=O.CC[C@H](N)c1nc2cccc(F)c2c(=O)n1-c1cccc(CC(F)(F)F)c1.O=C(Nc1cccc(CC(F)(F)F)c1)c1c(F)cccc1[N+](=O)[O-]. The van der Waals surface area contributed by atoms with Gasteiger partial charge in [0.1, 0.15) is 22.8 Å². The van der Waals surface area contributed by atoms with E-state index in [9.17, 15) is 69.2 Å². The Balaban J connectivity index is 0.000000224. The molecule has 1 fully saturated rings. The van der Waals surface area contributed by atoms with Crippen LogP contribution in [0.2, 0.25) is 0 Å². The van der Waals surface area contributed by atoms with Gasteiger partial charge in [0.05, 0.1) is 40.9 Å². The second-order valence-corrected chi connectivity index (χ2v) is 14.4. The number of nitro benzene ring substituents is 1. The molecule has 0 saturated carbocycles. The van der Waals surface area contributed by atoms with Crippen LogP contribution in [-0.2, 0) is 32.1 Å². The summed E-state index contributed by atoms with van der Waals surface area (Å²) in [5.74, 6) is -4.51. The summed E-state index contributed by atoms with van der Waals surface area (Å²) in [6.07, 6.45) is -9.83. The maximum absolute atomic E-state index is 14.2. The number of hydroxylamine groups is 2. The van der Waals surface area contributed by atoms with E-state index in [1.165, 1.54) is 54.6 Å². The first-order valence-electron chi connectivity index (χ1n) is 19.5. The van der Waals surface area contributed by atoms with Gasteiger partial charge in [-0.25, -0.2) is 18.6 Å². The van der Waals surface area contributed by atoms with E-state index < -0.39 is 88.3 Å². The van der Waals surface area contributed by atoms with Gasteiger partial charge in [0, 0.05) is 24.6 Å². The van der Waals surface area contributed by atoms with Gasteiger partial charge in [-0.2, -0.15) is 26.3 Å². The van der Waals surface area contributed by atoms with Crippen LogP contribution in [0.4, 0.5) is 46.5 Å². The largest absolute Gasteiger partial charge is 0.393 e. The molecule has 3 amide bonds. The van der Waals surface area contributed by atoms with Crippen molar-refractivity contribution < 1.29 is 64.1 Å². The van der Waals surface area contributed by atoms with Crippen LogP contribution in [0.5, 0.6) is 0 Å². The number of amides is 3. The number of carbonyl (C=O) groups is 4.